The molecule has 25 heavy (non-hydrogen) atoms. The van der Waals surface area contributed by atoms with Gasteiger partial charge in [0, 0.05) is 17.5 Å². The van der Waals surface area contributed by atoms with Crippen LogP contribution >= 0.6 is 0 Å². The van der Waals surface area contributed by atoms with E-state index in [1.807, 2.05) is 18.2 Å². The Hall–Kier alpha value is -1.84. The minimum absolute atomic E-state index is 0.114. The smallest absolute Gasteiger partial charge is 0.243 e. The number of imidazole rings is 1. The Morgan fingerprint density at radius 3 is 2.20 bits per heavy atom. The van der Waals surface area contributed by atoms with Crippen molar-refractivity contribution in [1.82, 2.24) is 14.5 Å². The van der Waals surface area contributed by atoms with Crippen LogP contribution in [-0.2, 0) is 16.8 Å². The molecule has 1 aromatic heterocycles. The van der Waals surface area contributed by atoms with E-state index < -0.39 is 0 Å². The van der Waals surface area contributed by atoms with E-state index in [-0.39, 0.29) is 23.4 Å². The van der Waals surface area contributed by atoms with Crippen LogP contribution in [0.1, 0.15) is 67.1 Å². The number of hydrogen-bond acceptors (Lipinski definition) is 2. The van der Waals surface area contributed by atoms with Gasteiger partial charge in [0.1, 0.15) is 12.4 Å². The Bertz CT molecular complexity index is 716. The molecule has 1 heterocycles. The summed E-state index contributed by atoms with van der Waals surface area (Å²) in [5, 5.41) is 0. The number of rotatable bonds is 6. The van der Waals surface area contributed by atoms with Gasteiger partial charge in [-0.3, -0.25) is 4.79 Å². The van der Waals surface area contributed by atoms with Crippen LogP contribution in [0.25, 0.3) is 11.0 Å². The second-order valence-corrected chi connectivity index (χ2v) is 8.08. The maximum Gasteiger partial charge on any atom is 0.243 e. The third-order valence-corrected chi connectivity index (χ3v) is 5.04. The summed E-state index contributed by atoms with van der Waals surface area (Å²) in [6, 6.07) is 8.58. The third kappa shape index (κ3) is 4.05. The lowest BCUT2D eigenvalue weighted by atomic mass is 9.95. The summed E-state index contributed by atoms with van der Waals surface area (Å²) < 4.78 is 2.11. The summed E-state index contributed by atoms with van der Waals surface area (Å²) in [6.45, 7) is 15.4. The maximum absolute atomic E-state index is 13.2. The quantitative estimate of drug-likeness (QED) is 0.758. The standard InChI is InChI=1S/C21H33N3O/c1-8-15(3)24(16(4)9-2)19(25)14-23-18-13-11-10-12-17(18)22-20(23)21(5,6)7/h10-13,15-16H,8-9,14H2,1-7H3. The van der Waals surface area contributed by atoms with Gasteiger partial charge in [-0.1, -0.05) is 46.8 Å². The van der Waals surface area contributed by atoms with Crippen molar-refractivity contribution in [3.8, 4) is 0 Å². The van der Waals surface area contributed by atoms with Crippen molar-refractivity contribution < 1.29 is 4.79 Å². The van der Waals surface area contributed by atoms with E-state index in [0.717, 1.165) is 29.7 Å². The number of para-hydroxylation sites is 2. The number of nitrogens with zero attached hydrogens (tertiary/aromatic N) is 3. The van der Waals surface area contributed by atoms with Gasteiger partial charge in [0.15, 0.2) is 0 Å². The van der Waals surface area contributed by atoms with Gasteiger partial charge in [0.2, 0.25) is 5.91 Å². The van der Waals surface area contributed by atoms with Gasteiger partial charge >= 0.3 is 0 Å². The maximum atomic E-state index is 13.2. The van der Waals surface area contributed by atoms with E-state index in [1.54, 1.807) is 0 Å². The Morgan fingerprint density at radius 1 is 1.12 bits per heavy atom. The van der Waals surface area contributed by atoms with Crippen LogP contribution in [0.5, 0.6) is 0 Å². The van der Waals surface area contributed by atoms with Crippen LogP contribution in [-0.4, -0.2) is 32.4 Å². The Labute approximate surface area is 152 Å². The number of hydrogen-bond donors (Lipinski definition) is 0. The Kier molecular flexibility index (Phi) is 5.91. The lowest BCUT2D eigenvalue weighted by Gasteiger charge is -2.34. The monoisotopic (exact) mass is 343 g/mol. The van der Waals surface area contributed by atoms with Gasteiger partial charge < -0.3 is 9.47 Å². The molecule has 138 valence electrons. The average molecular weight is 344 g/mol. The lowest BCUT2D eigenvalue weighted by molar-refractivity contribution is -0.136. The Morgan fingerprint density at radius 2 is 1.68 bits per heavy atom. The number of fused-ring (bicyclic) bond motifs is 1. The Balaban J connectivity index is 2.46. The topological polar surface area (TPSA) is 38.1 Å². The van der Waals surface area contributed by atoms with Crippen LogP contribution < -0.4 is 0 Å². The van der Waals surface area contributed by atoms with Gasteiger partial charge in [-0.25, -0.2) is 4.98 Å². The molecule has 4 heteroatoms. The summed E-state index contributed by atoms with van der Waals surface area (Å²) in [4.78, 5) is 20.1. The molecule has 1 aromatic carbocycles. The molecule has 1 amide bonds. The van der Waals surface area contributed by atoms with Crippen molar-refractivity contribution in [3.63, 3.8) is 0 Å². The highest BCUT2D eigenvalue weighted by molar-refractivity contribution is 5.81. The predicted molar refractivity (Wildman–Crippen MR) is 105 cm³/mol. The molecule has 0 saturated carbocycles. The van der Waals surface area contributed by atoms with Crippen LogP contribution in [0.3, 0.4) is 0 Å². The van der Waals surface area contributed by atoms with Gasteiger partial charge in [0.05, 0.1) is 11.0 Å². The van der Waals surface area contributed by atoms with Crippen molar-refractivity contribution >= 4 is 16.9 Å². The molecule has 2 unspecified atom stereocenters. The number of amides is 1. The molecule has 0 radical (unpaired) electrons. The molecule has 2 aromatic rings. The van der Waals surface area contributed by atoms with E-state index >= 15 is 0 Å². The SMILES string of the molecule is CCC(C)N(C(=O)Cn1c(C(C)(C)C)nc2ccccc21)C(C)CC. The second kappa shape index (κ2) is 7.59. The van der Waals surface area contributed by atoms with Crippen LogP contribution in [0.2, 0.25) is 0 Å². The molecule has 2 atom stereocenters. The van der Waals surface area contributed by atoms with Crippen molar-refractivity contribution in [1.29, 1.82) is 0 Å². The first kappa shape index (κ1) is 19.5. The fraction of sp³-hybridized carbons (Fsp3) is 0.619. The minimum atomic E-state index is -0.114. The molecule has 0 saturated heterocycles. The van der Waals surface area contributed by atoms with E-state index in [0.29, 0.717) is 6.54 Å². The summed E-state index contributed by atoms with van der Waals surface area (Å²) in [6.07, 6.45) is 1.93. The third-order valence-electron chi connectivity index (χ3n) is 5.04. The van der Waals surface area contributed by atoms with Crippen molar-refractivity contribution in [2.24, 2.45) is 0 Å². The van der Waals surface area contributed by atoms with Gasteiger partial charge in [-0.2, -0.15) is 0 Å². The fourth-order valence-electron chi connectivity index (χ4n) is 3.34. The molecule has 0 spiro atoms. The van der Waals surface area contributed by atoms with E-state index in [9.17, 15) is 4.79 Å². The molecular weight excluding hydrogens is 310 g/mol. The second-order valence-electron chi connectivity index (χ2n) is 8.08. The van der Waals surface area contributed by atoms with E-state index in [1.165, 1.54) is 0 Å². The minimum Gasteiger partial charge on any atom is -0.336 e. The average Bonchev–Trinajstić information content (AvgIpc) is 2.93. The number of carbonyl (C=O) groups is 1. The summed E-state index contributed by atoms with van der Waals surface area (Å²) >= 11 is 0. The summed E-state index contributed by atoms with van der Waals surface area (Å²) in [5.74, 6) is 1.15. The van der Waals surface area contributed by atoms with Gasteiger partial charge in [0.25, 0.3) is 0 Å². The molecule has 0 fully saturated rings. The molecule has 0 aliphatic heterocycles. The molecule has 0 bridgehead atoms. The summed E-state index contributed by atoms with van der Waals surface area (Å²) in [7, 11) is 0. The normalized spacial score (nSPS) is 14.5. The first-order valence-electron chi connectivity index (χ1n) is 9.47. The highest BCUT2D eigenvalue weighted by Crippen LogP contribution is 2.27. The van der Waals surface area contributed by atoms with Gasteiger partial charge in [-0.05, 0) is 38.8 Å². The van der Waals surface area contributed by atoms with Crippen molar-refractivity contribution in [2.75, 3.05) is 0 Å². The summed E-state index contributed by atoms with van der Waals surface area (Å²) in [5.41, 5.74) is 1.88. The van der Waals surface area contributed by atoms with Crippen molar-refractivity contribution in [2.45, 2.75) is 85.4 Å². The van der Waals surface area contributed by atoms with Crippen molar-refractivity contribution in [3.05, 3.63) is 30.1 Å². The highest BCUT2D eigenvalue weighted by Gasteiger charge is 2.28. The van der Waals surface area contributed by atoms with E-state index in [4.69, 9.17) is 4.98 Å². The largest absolute Gasteiger partial charge is 0.336 e. The zero-order valence-corrected chi connectivity index (χ0v) is 16.8. The van der Waals surface area contributed by atoms with Crippen LogP contribution in [0.15, 0.2) is 24.3 Å². The molecule has 4 nitrogen and oxygen atoms in total. The zero-order chi connectivity index (χ0) is 18.8. The first-order valence-corrected chi connectivity index (χ1v) is 9.47. The number of aromatic nitrogens is 2. The molecule has 0 aliphatic rings. The van der Waals surface area contributed by atoms with E-state index in [2.05, 4.69) is 64.0 Å². The number of carbonyl (C=O) groups excluding carboxylic acids is 1. The first-order chi connectivity index (χ1) is 11.7. The lowest BCUT2D eigenvalue weighted by Crippen LogP contribution is -2.46. The number of benzene rings is 1. The predicted octanol–water partition coefficient (Wildman–Crippen LogP) is 4.76. The van der Waals surface area contributed by atoms with Gasteiger partial charge in [-0.15, -0.1) is 0 Å². The zero-order valence-electron chi connectivity index (χ0n) is 16.8. The molecule has 2 rings (SSSR count). The fourth-order valence-corrected chi connectivity index (χ4v) is 3.34. The van der Waals surface area contributed by atoms with Crippen LogP contribution in [0.4, 0.5) is 0 Å². The van der Waals surface area contributed by atoms with Crippen LogP contribution in [0, 0.1) is 0 Å². The molecular formula is C21H33N3O. The molecule has 0 N–H and O–H groups in total. The highest BCUT2D eigenvalue weighted by atomic mass is 16.2. The molecule has 0 aliphatic carbocycles.